The lowest BCUT2D eigenvalue weighted by Gasteiger charge is -2.24. The summed E-state index contributed by atoms with van der Waals surface area (Å²) in [5.41, 5.74) is 1.28. The highest BCUT2D eigenvalue weighted by Crippen LogP contribution is 2.26. The van der Waals surface area contributed by atoms with Gasteiger partial charge in [-0.2, -0.15) is 0 Å². The molecule has 0 spiro atoms. The summed E-state index contributed by atoms with van der Waals surface area (Å²) in [6, 6.07) is 8.11. The van der Waals surface area contributed by atoms with Gasteiger partial charge in [0.1, 0.15) is 5.75 Å². The number of fused-ring (bicyclic) bond motifs is 1. The summed E-state index contributed by atoms with van der Waals surface area (Å²) in [6.07, 6.45) is 1.95. The highest BCUT2D eigenvalue weighted by atomic mass is 16.7. The number of rotatable bonds is 1. The molecule has 2 rings (SSSR count). The SMILES string of the molecule is CO[C@@H]1CCc2ccccc2O1. The molecule has 64 valence electrons. The van der Waals surface area contributed by atoms with Crippen molar-refractivity contribution in [1.82, 2.24) is 0 Å². The lowest BCUT2D eigenvalue weighted by Crippen LogP contribution is -2.23. The zero-order valence-electron chi connectivity index (χ0n) is 7.12. The Morgan fingerprint density at radius 2 is 2.25 bits per heavy atom. The first kappa shape index (κ1) is 7.62. The minimum atomic E-state index is -0.0556. The Morgan fingerprint density at radius 3 is 3.08 bits per heavy atom. The maximum Gasteiger partial charge on any atom is 0.199 e. The maximum absolute atomic E-state index is 5.56. The van der Waals surface area contributed by atoms with Crippen LogP contribution in [0.4, 0.5) is 0 Å². The first-order chi connectivity index (χ1) is 5.90. The standard InChI is InChI=1S/C10H12O2/c1-11-10-7-6-8-4-2-3-5-9(8)12-10/h2-5,10H,6-7H2,1H3/t10-/m0/s1. The summed E-state index contributed by atoms with van der Waals surface area (Å²) in [7, 11) is 1.68. The predicted molar refractivity (Wildman–Crippen MR) is 46.2 cm³/mol. The Morgan fingerprint density at radius 1 is 1.42 bits per heavy atom. The van der Waals surface area contributed by atoms with Crippen LogP contribution in [0.2, 0.25) is 0 Å². The van der Waals surface area contributed by atoms with E-state index in [1.165, 1.54) is 5.56 Å². The fourth-order valence-corrected chi connectivity index (χ4v) is 1.47. The molecule has 0 saturated heterocycles. The Hall–Kier alpha value is -1.02. The van der Waals surface area contributed by atoms with Gasteiger partial charge < -0.3 is 9.47 Å². The average molecular weight is 164 g/mol. The molecule has 0 aromatic heterocycles. The smallest absolute Gasteiger partial charge is 0.199 e. The van der Waals surface area contributed by atoms with Crippen molar-refractivity contribution in [3.63, 3.8) is 0 Å². The van der Waals surface area contributed by atoms with E-state index < -0.39 is 0 Å². The third-order valence-electron chi connectivity index (χ3n) is 2.14. The Balaban J connectivity index is 2.23. The van der Waals surface area contributed by atoms with Crippen LogP contribution in [0.5, 0.6) is 5.75 Å². The highest BCUT2D eigenvalue weighted by molar-refractivity contribution is 5.34. The molecular weight excluding hydrogens is 152 g/mol. The van der Waals surface area contributed by atoms with Gasteiger partial charge >= 0.3 is 0 Å². The van der Waals surface area contributed by atoms with Crippen molar-refractivity contribution >= 4 is 0 Å². The van der Waals surface area contributed by atoms with Crippen LogP contribution in [0.3, 0.4) is 0 Å². The summed E-state index contributed by atoms with van der Waals surface area (Å²) in [5, 5.41) is 0. The van der Waals surface area contributed by atoms with Crippen molar-refractivity contribution < 1.29 is 9.47 Å². The van der Waals surface area contributed by atoms with Crippen molar-refractivity contribution in [3.05, 3.63) is 29.8 Å². The number of methoxy groups -OCH3 is 1. The summed E-state index contributed by atoms with van der Waals surface area (Å²) < 4.78 is 10.7. The van der Waals surface area contributed by atoms with Gasteiger partial charge in [-0.15, -0.1) is 0 Å². The van der Waals surface area contributed by atoms with Crippen LogP contribution in [-0.2, 0) is 11.2 Å². The van der Waals surface area contributed by atoms with Crippen LogP contribution in [0.1, 0.15) is 12.0 Å². The van der Waals surface area contributed by atoms with Gasteiger partial charge in [0.2, 0.25) is 0 Å². The summed E-state index contributed by atoms with van der Waals surface area (Å²) >= 11 is 0. The fourth-order valence-electron chi connectivity index (χ4n) is 1.47. The molecule has 1 aliphatic rings. The van der Waals surface area contributed by atoms with Crippen molar-refractivity contribution in [3.8, 4) is 5.75 Å². The molecule has 1 aromatic carbocycles. The van der Waals surface area contributed by atoms with E-state index in [4.69, 9.17) is 9.47 Å². The number of hydrogen-bond acceptors (Lipinski definition) is 2. The molecule has 2 nitrogen and oxygen atoms in total. The molecule has 1 heterocycles. The largest absolute Gasteiger partial charge is 0.465 e. The Kier molecular flexibility index (Phi) is 2.00. The van der Waals surface area contributed by atoms with Crippen molar-refractivity contribution in [2.45, 2.75) is 19.1 Å². The van der Waals surface area contributed by atoms with Gasteiger partial charge in [0.15, 0.2) is 6.29 Å². The zero-order valence-corrected chi connectivity index (χ0v) is 7.12. The van der Waals surface area contributed by atoms with E-state index in [2.05, 4.69) is 6.07 Å². The van der Waals surface area contributed by atoms with Gasteiger partial charge in [-0.05, 0) is 18.1 Å². The molecule has 1 atom stereocenters. The summed E-state index contributed by atoms with van der Waals surface area (Å²) in [4.78, 5) is 0. The van der Waals surface area contributed by atoms with E-state index in [1.807, 2.05) is 18.2 Å². The van der Waals surface area contributed by atoms with E-state index in [0.29, 0.717) is 0 Å². The van der Waals surface area contributed by atoms with Gasteiger partial charge in [-0.25, -0.2) is 0 Å². The quantitative estimate of drug-likeness (QED) is 0.632. The maximum atomic E-state index is 5.56. The molecule has 1 aliphatic heterocycles. The third kappa shape index (κ3) is 1.30. The molecule has 0 fully saturated rings. The second-order valence-electron chi connectivity index (χ2n) is 2.93. The van der Waals surface area contributed by atoms with E-state index in [9.17, 15) is 0 Å². The van der Waals surface area contributed by atoms with Gasteiger partial charge in [0.25, 0.3) is 0 Å². The highest BCUT2D eigenvalue weighted by Gasteiger charge is 2.17. The number of aryl methyl sites for hydroxylation is 1. The van der Waals surface area contributed by atoms with E-state index in [-0.39, 0.29) is 6.29 Å². The molecule has 0 unspecified atom stereocenters. The summed E-state index contributed by atoms with van der Waals surface area (Å²) in [6.45, 7) is 0. The van der Waals surface area contributed by atoms with Crippen molar-refractivity contribution in [2.24, 2.45) is 0 Å². The first-order valence-corrected chi connectivity index (χ1v) is 4.17. The fraction of sp³-hybridized carbons (Fsp3) is 0.400. The number of para-hydroxylation sites is 1. The lowest BCUT2D eigenvalue weighted by atomic mass is 10.1. The normalized spacial score (nSPS) is 21.2. The van der Waals surface area contributed by atoms with Gasteiger partial charge in [-0.1, -0.05) is 18.2 Å². The molecule has 0 amide bonds. The van der Waals surface area contributed by atoms with Crippen LogP contribution >= 0.6 is 0 Å². The summed E-state index contributed by atoms with van der Waals surface area (Å²) in [5.74, 6) is 0.968. The zero-order chi connectivity index (χ0) is 8.39. The molecule has 1 aromatic rings. The van der Waals surface area contributed by atoms with Crippen LogP contribution < -0.4 is 4.74 Å². The van der Waals surface area contributed by atoms with E-state index in [0.717, 1.165) is 18.6 Å². The van der Waals surface area contributed by atoms with Crippen LogP contribution in [-0.4, -0.2) is 13.4 Å². The molecular formula is C10H12O2. The minimum Gasteiger partial charge on any atom is -0.465 e. The molecule has 0 radical (unpaired) electrons. The second kappa shape index (κ2) is 3.15. The molecule has 0 N–H and O–H groups in total. The van der Waals surface area contributed by atoms with Crippen LogP contribution in [0.25, 0.3) is 0 Å². The van der Waals surface area contributed by atoms with Crippen LogP contribution in [0, 0.1) is 0 Å². The molecule has 0 aliphatic carbocycles. The Labute approximate surface area is 72.1 Å². The van der Waals surface area contributed by atoms with E-state index in [1.54, 1.807) is 7.11 Å². The number of benzene rings is 1. The average Bonchev–Trinajstić information content (AvgIpc) is 2.17. The lowest BCUT2D eigenvalue weighted by molar-refractivity contribution is -0.0653. The van der Waals surface area contributed by atoms with Gasteiger partial charge in [-0.3, -0.25) is 0 Å². The molecule has 2 heteroatoms. The topological polar surface area (TPSA) is 18.5 Å². The van der Waals surface area contributed by atoms with Crippen molar-refractivity contribution in [2.75, 3.05) is 7.11 Å². The monoisotopic (exact) mass is 164 g/mol. The first-order valence-electron chi connectivity index (χ1n) is 4.17. The Bertz CT molecular complexity index is 270. The van der Waals surface area contributed by atoms with E-state index >= 15 is 0 Å². The number of hydrogen-bond donors (Lipinski definition) is 0. The molecule has 12 heavy (non-hydrogen) atoms. The second-order valence-corrected chi connectivity index (χ2v) is 2.93. The van der Waals surface area contributed by atoms with Crippen LogP contribution in [0.15, 0.2) is 24.3 Å². The molecule has 0 bridgehead atoms. The third-order valence-corrected chi connectivity index (χ3v) is 2.14. The predicted octanol–water partition coefficient (Wildman–Crippen LogP) is 1.98. The molecule has 0 saturated carbocycles. The minimum absolute atomic E-state index is 0.0556. The van der Waals surface area contributed by atoms with Gasteiger partial charge in [0.05, 0.1) is 0 Å². The van der Waals surface area contributed by atoms with Gasteiger partial charge in [0, 0.05) is 13.5 Å². The number of ether oxygens (including phenoxy) is 2. The van der Waals surface area contributed by atoms with Crippen molar-refractivity contribution in [1.29, 1.82) is 0 Å².